The number of nitriles is 1. The van der Waals surface area contributed by atoms with Crippen molar-refractivity contribution in [1.29, 1.82) is 5.26 Å². The molecule has 10 heteroatoms. The molecule has 3 aromatic heterocycles. The average molecular weight is 447 g/mol. The van der Waals surface area contributed by atoms with Crippen molar-refractivity contribution in [3.05, 3.63) is 35.8 Å². The van der Waals surface area contributed by atoms with Gasteiger partial charge in [-0.05, 0) is 38.2 Å². The number of anilines is 1. The largest absolute Gasteiger partial charge is 0.378 e. The van der Waals surface area contributed by atoms with Crippen molar-refractivity contribution >= 4 is 23.0 Å². The number of aromatic nitrogens is 3. The van der Waals surface area contributed by atoms with E-state index in [2.05, 4.69) is 28.6 Å². The molecule has 2 aliphatic rings. The molecule has 1 aliphatic heterocycles. The van der Waals surface area contributed by atoms with Gasteiger partial charge in [0.05, 0.1) is 34.7 Å². The first kappa shape index (κ1) is 21.0. The van der Waals surface area contributed by atoms with Gasteiger partial charge in [-0.25, -0.2) is 4.52 Å². The second-order valence-corrected chi connectivity index (χ2v) is 9.01. The smallest absolute Gasteiger partial charge is 0.252 e. The number of aryl methyl sites for hydroxylation is 1. The van der Waals surface area contributed by atoms with Gasteiger partial charge in [-0.15, -0.1) is 0 Å². The number of carbonyl (C=O) groups excluding carboxylic acids is 2. The first-order valence-electron chi connectivity index (χ1n) is 11.1. The van der Waals surface area contributed by atoms with Crippen LogP contribution in [-0.2, 0) is 4.79 Å². The van der Waals surface area contributed by atoms with Gasteiger partial charge in [0.2, 0.25) is 5.91 Å². The minimum absolute atomic E-state index is 0.0894. The van der Waals surface area contributed by atoms with E-state index in [0.29, 0.717) is 42.9 Å². The van der Waals surface area contributed by atoms with Crippen LogP contribution in [0.3, 0.4) is 0 Å². The van der Waals surface area contributed by atoms with Crippen molar-refractivity contribution < 1.29 is 14.1 Å². The van der Waals surface area contributed by atoms with Crippen molar-refractivity contribution in [2.45, 2.75) is 39.2 Å². The second kappa shape index (κ2) is 7.62. The molecule has 0 aromatic carbocycles. The number of hydrogen-bond acceptors (Lipinski definition) is 7. The van der Waals surface area contributed by atoms with Gasteiger partial charge in [0, 0.05) is 37.0 Å². The Labute approximate surface area is 190 Å². The van der Waals surface area contributed by atoms with Crippen LogP contribution in [0.5, 0.6) is 0 Å². The minimum Gasteiger partial charge on any atom is -0.378 e. The molecule has 33 heavy (non-hydrogen) atoms. The number of nitrogens with zero attached hydrogens (tertiary/aromatic N) is 5. The van der Waals surface area contributed by atoms with E-state index in [0.717, 1.165) is 17.7 Å². The van der Waals surface area contributed by atoms with Gasteiger partial charge < -0.3 is 20.5 Å². The molecule has 0 spiro atoms. The van der Waals surface area contributed by atoms with Crippen molar-refractivity contribution in [3.8, 4) is 17.4 Å². The van der Waals surface area contributed by atoms with Gasteiger partial charge in [-0.3, -0.25) is 9.59 Å². The number of carbonyl (C=O) groups is 2. The maximum atomic E-state index is 12.9. The van der Waals surface area contributed by atoms with Crippen LogP contribution in [0.15, 0.2) is 29.0 Å². The summed E-state index contributed by atoms with van der Waals surface area (Å²) >= 11 is 0. The fourth-order valence-corrected chi connectivity index (χ4v) is 4.63. The van der Waals surface area contributed by atoms with E-state index >= 15 is 0 Å². The lowest BCUT2D eigenvalue weighted by Crippen LogP contribution is -2.36. The van der Waals surface area contributed by atoms with Crippen LogP contribution in [0.2, 0.25) is 0 Å². The predicted octanol–water partition coefficient (Wildman–Crippen LogP) is 2.35. The average Bonchev–Trinajstić information content (AvgIpc) is 3.11. The zero-order valence-electron chi connectivity index (χ0n) is 18.5. The van der Waals surface area contributed by atoms with Crippen LogP contribution in [0.1, 0.15) is 42.2 Å². The van der Waals surface area contributed by atoms with Gasteiger partial charge in [0.1, 0.15) is 5.41 Å². The molecule has 2 fully saturated rings. The molecule has 2 atom stereocenters. The molecule has 4 heterocycles. The summed E-state index contributed by atoms with van der Waals surface area (Å²) in [6, 6.07) is 5.80. The number of fused-ring (bicyclic) bond motifs is 1. The van der Waals surface area contributed by atoms with Crippen LogP contribution in [0, 0.1) is 29.6 Å². The lowest BCUT2D eigenvalue weighted by atomic mass is 10.00. The Morgan fingerprint density at radius 3 is 2.76 bits per heavy atom. The van der Waals surface area contributed by atoms with Gasteiger partial charge >= 0.3 is 0 Å². The number of amides is 2. The van der Waals surface area contributed by atoms with E-state index in [1.165, 1.54) is 6.20 Å². The standard InChI is InChI=1S/C23H25N7O3/c1-3-14-9-29(22(32)23(12-24)4-5-23)11-17(14)27-20-16(21(25)31)8-26-30-10-15(7-18(20)30)19-6-13(2)28-33-19/h6-8,10,14,17,27H,3-5,9,11H2,1-2H3,(H2,25,31). The van der Waals surface area contributed by atoms with Crippen LogP contribution in [0.4, 0.5) is 5.69 Å². The Kier molecular flexibility index (Phi) is 4.85. The summed E-state index contributed by atoms with van der Waals surface area (Å²) in [7, 11) is 0. The third kappa shape index (κ3) is 3.50. The summed E-state index contributed by atoms with van der Waals surface area (Å²) in [6.07, 6.45) is 5.34. The van der Waals surface area contributed by atoms with Gasteiger partial charge in [-0.1, -0.05) is 12.1 Å². The topological polar surface area (TPSA) is 143 Å². The van der Waals surface area contributed by atoms with E-state index in [-0.39, 0.29) is 23.4 Å². The SMILES string of the molecule is CCC1CN(C(=O)C2(C#N)CC2)CC1Nc1c(C(N)=O)cnn2cc(-c3cc(C)no3)cc12. The quantitative estimate of drug-likeness (QED) is 0.590. The first-order chi connectivity index (χ1) is 15.8. The number of nitrogens with one attached hydrogen (secondary N) is 1. The molecule has 3 aromatic rings. The Morgan fingerprint density at radius 1 is 1.36 bits per heavy atom. The van der Waals surface area contributed by atoms with Crippen molar-refractivity contribution in [1.82, 2.24) is 19.7 Å². The Bertz CT molecular complexity index is 1300. The molecule has 1 saturated carbocycles. The maximum absolute atomic E-state index is 12.9. The monoisotopic (exact) mass is 447 g/mol. The minimum atomic E-state index is -0.846. The maximum Gasteiger partial charge on any atom is 0.252 e. The van der Waals surface area contributed by atoms with E-state index in [4.69, 9.17) is 10.3 Å². The highest BCUT2D eigenvalue weighted by atomic mass is 16.5. The number of primary amides is 1. The molecule has 3 N–H and O–H groups in total. The number of likely N-dealkylation sites (tertiary alicyclic amines) is 1. The molecule has 2 amide bonds. The van der Waals surface area contributed by atoms with Crippen molar-refractivity contribution in [3.63, 3.8) is 0 Å². The zero-order valence-corrected chi connectivity index (χ0v) is 18.5. The number of hydrogen-bond donors (Lipinski definition) is 2. The third-order valence-corrected chi connectivity index (χ3v) is 6.77. The molecule has 2 unspecified atom stereocenters. The Balaban J connectivity index is 1.49. The highest BCUT2D eigenvalue weighted by Crippen LogP contribution is 2.47. The molecule has 170 valence electrons. The fourth-order valence-electron chi connectivity index (χ4n) is 4.63. The van der Waals surface area contributed by atoms with Gasteiger partial charge in [-0.2, -0.15) is 10.4 Å². The highest BCUT2D eigenvalue weighted by Gasteiger charge is 2.54. The summed E-state index contributed by atoms with van der Waals surface area (Å²) in [5, 5.41) is 21.2. The molecule has 5 rings (SSSR count). The molecular weight excluding hydrogens is 422 g/mol. The first-order valence-corrected chi connectivity index (χ1v) is 11.1. The molecule has 0 radical (unpaired) electrons. The summed E-state index contributed by atoms with van der Waals surface area (Å²) in [5.74, 6) is 0.0863. The summed E-state index contributed by atoms with van der Waals surface area (Å²) in [5.41, 5.74) is 7.87. The number of rotatable bonds is 6. The van der Waals surface area contributed by atoms with E-state index in [1.54, 1.807) is 15.6 Å². The Hall–Kier alpha value is -3.87. The summed E-state index contributed by atoms with van der Waals surface area (Å²) in [6.45, 7) is 4.95. The van der Waals surface area contributed by atoms with Crippen molar-refractivity contribution in [2.24, 2.45) is 17.1 Å². The van der Waals surface area contributed by atoms with Gasteiger partial charge in [0.25, 0.3) is 5.91 Å². The van der Waals surface area contributed by atoms with Crippen LogP contribution < -0.4 is 11.1 Å². The third-order valence-electron chi connectivity index (χ3n) is 6.77. The second-order valence-electron chi connectivity index (χ2n) is 9.01. The van der Waals surface area contributed by atoms with E-state index < -0.39 is 11.3 Å². The van der Waals surface area contributed by atoms with E-state index in [1.807, 2.05) is 19.1 Å². The highest BCUT2D eigenvalue weighted by molar-refractivity contribution is 6.02. The summed E-state index contributed by atoms with van der Waals surface area (Å²) in [4.78, 5) is 26.9. The lowest BCUT2D eigenvalue weighted by Gasteiger charge is -2.22. The fraction of sp³-hybridized carbons (Fsp3) is 0.435. The number of nitrogens with two attached hydrogens (primary N) is 1. The van der Waals surface area contributed by atoms with Crippen LogP contribution in [0.25, 0.3) is 16.8 Å². The molecule has 0 bridgehead atoms. The normalized spacial score (nSPS) is 21.2. The Morgan fingerprint density at radius 2 is 2.15 bits per heavy atom. The van der Waals surface area contributed by atoms with Crippen LogP contribution in [-0.4, -0.2) is 50.6 Å². The zero-order chi connectivity index (χ0) is 23.3. The van der Waals surface area contributed by atoms with E-state index in [9.17, 15) is 14.9 Å². The van der Waals surface area contributed by atoms with Crippen LogP contribution >= 0.6 is 0 Å². The van der Waals surface area contributed by atoms with Crippen molar-refractivity contribution in [2.75, 3.05) is 18.4 Å². The molecule has 1 saturated heterocycles. The lowest BCUT2D eigenvalue weighted by molar-refractivity contribution is -0.134. The molecule has 1 aliphatic carbocycles. The molecule has 10 nitrogen and oxygen atoms in total. The predicted molar refractivity (Wildman–Crippen MR) is 119 cm³/mol. The molecular formula is C23H25N7O3. The summed E-state index contributed by atoms with van der Waals surface area (Å²) < 4.78 is 7.04. The van der Waals surface area contributed by atoms with Gasteiger partial charge in [0.15, 0.2) is 5.76 Å².